The van der Waals surface area contributed by atoms with Gasteiger partial charge < -0.3 is 10.1 Å². The van der Waals surface area contributed by atoms with Crippen molar-refractivity contribution in [2.24, 2.45) is 16.3 Å². The monoisotopic (exact) mass is 552 g/mol. The van der Waals surface area contributed by atoms with Gasteiger partial charge in [-0.05, 0) is 80.3 Å². The Morgan fingerprint density at radius 2 is 1.94 bits per heavy atom. The van der Waals surface area contributed by atoms with E-state index in [1.54, 1.807) is 11.3 Å². The molecule has 1 aliphatic rings. The van der Waals surface area contributed by atoms with E-state index in [-0.39, 0.29) is 17.4 Å². The molecule has 4 rings (SSSR count). The maximum Gasteiger partial charge on any atom is 0.259 e. The number of thiophene rings is 1. The highest BCUT2D eigenvalue weighted by Gasteiger charge is 2.33. The summed E-state index contributed by atoms with van der Waals surface area (Å²) in [7, 11) is 0. The fourth-order valence-corrected chi connectivity index (χ4v) is 6.11. The zero-order valence-corrected chi connectivity index (χ0v) is 23.4. The zero-order valence-electron chi connectivity index (χ0n) is 21.0. The van der Waals surface area contributed by atoms with Crippen molar-refractivity contribution in [3.8, 4) is 5.75 Å². The molecular formula is C29H33BrN2O2S. The number of hydrogen-bond donors (Lipinski definition) is 1. The van der Waals surface area contributed by atoms with Gasteiger partial charge in [-0.3, -0.25) is 4.79 Å². The molecule has 0 radical (unpaired) electrons. The van der Waals surface area contributed by atoms with E-state index < -0.39 is 0 Å². The molecule has 2 aromatic carbocycles. The second-order valence-corrected chi connectivity index (χ2v) is 12.4. The van der Waals surface area contributed by atoms with Crippen molar-refractivity contribution in [1.29, 1.82) is 0 Å². The number of benzene rings is 2. The van der Waals surface area contributed by atoms with Crippen molar-refractivity contribution in [2.45, 2.75) is 60.0 Å². The molecule has 1 aliphatic carbocycles. The minimum absolute atomic E-state index is 0.0546. The van der Waals surface area contributed by atoms with Crippen LogP contribution in [0.3, 0.4) is 0 Å². The molecule has 0 fully saturated rings. The van der Waals surface area contributed by atoms with Gasteiger partial charge >= 0.3 is 0 Å². The predicted molar refractivity (Wildman–Crippen MR) is 151 cm³/mol. The summed E-state index contributed by atoms with van der Waals surface area (Å²) in [5.74, 6) is 1.27. The Balaban J connectivity index is 1.73. The number of amides is 1. The molecule has 3 aromatic rings. The molecule has 1 atom stereocenters. The van der Waals surface area contributed by atoms with Crippen LogP contribution in [-0.4, -0.2) is 18.2 Å². The number of nitrogens with one attached hydrogen (secondary N) is 1. The Kier molecular flexibility index (Phi) is 7.82. The normalized spacial score (nSPS) is 15.9. The first-order valence-electron chi connectivity index (χ1n) is 12.1. The number of ether oxygens (including phenoxy) is 1. The van der Waals surface area contributed by atoms with Crippen LogP contribution in [-0.2, 0) is 12.8 Å². The summed E-state index contributed by atoms with van der Waals surface area (Å²) in [4.78, 5) is 19.7. The van der Waals surface area contributed by atoms with Crippen LogP contribution in [0, 0.1) is 11.3 Å². The number of aliphatic imine (C=N–C) groups is 1. The molecule has 0 unspecified atom stereocenters. The number of halogens is 1. The van der Waals surface area contributed by atoms with Crippen molar-refractivity contribution in [3.63, 3.8) is 0 Å². The van der Waals surface area contributed by atoms with Crippen LogP contribution < -0.4 is 10.1 Å². The van der Waals surface area contributed by atoms with Gasteiger partial charge in [0.15, 0.2) is 0 Å². The Morgan fingerprint density at radius 1 is 1.20 bits per heavy atom. The van der Waals surface area contributed by atoms with Crippen LogP contribution in [0.5, 0.6) is 5.75 Å². The third-order valence-electron chi connectivity index (χ3n) is 6.39. The van der Waals surface area contributed by atoms with Gasteiger partial charge in [0.05, 0.1) is 11.7 Å². The number of fused-ring (bicyclic) bond motifs is 1. The minimum Gasteiger partial charge on any atom is -0.490 e. The van der Waals surface area contributed by atoms with Crippen molar-refractivity contribution in [3.05, 3.63) is 74.6 Å². The maximum absolute atomic E-state index is 13.5. The van der Waals surface area contributed by atoms with E-state index in [0.717, 1.165) is 51.3 Å². The first-order valence-corrected chi connectivity index (χ1v) is 13.7. The molecule has 184 valence electrons. The molecule has 1 heterocycles. The van der Waals surface area contributed by atoms with Crippen molar-refractivity contribution in [1.82, 2.24) is 0 Å². The average Bonchev–Trinajstić information content (AvgIpc) is 3.17. The van der Waals surface area contributed by atoms with E-state index in [0.29, 0.717) is 11.5 Å². The highest BCUT2D eigenvalue weighted by atomic mass is 79.9. The zero-order chi connectivity index (χ0) is 25.2. The van der Waals surface area contributed by atoms with Crippen LogP contribution >= 0.6 is 27.3 Å². The molecule has 4 nitrogen and oxygen atoms in total. The van der Waals surface area contributed by atoms with E-state index >= 15 is 0 Å². The topological polar surface area (TPSA) is 50.7 Å². The van der Waals surface area contributed by atoms with Gasteiger partial charge in [0.2, 0.25) is 0 Å². The Hall–Kier alpha value is -2.44. The van der Waals surface area contributed by atoms with E-state index in [2.05, 4.69) is 42.0 Å². The molecule has 0 spiro atoms. The summed E-state index contributed by atoms with van der Waals surface area (Å²) in [6, 6.07) is 15.5. The van der Waals surface area contributed by atoms with Crippen LogP contribution in [0.15, 0.2) is 58.0 Å². The van der Waals surface area contributed by atoms with Crippen LogP contribution in [0.25, 0.3) is 0 Å². The number of anilines is 1. The number of carbonyl (C=O) groups is 1. The highest BCUT2D eigenvalue weighted by molar-refractivity contribution is 9.10. The lowest BCUT2D eigenvalue weighted by atomic mass is 9.72. The van der Waals surface area contributed by atoms with Crippen LogP contribution in [0.1, 0.15) is 67.4 Å². The summed E-state index contributed by atoms with van der Waals surface area (Å²) in [5, 5.41) is 3.84. The second-order valence-electron chi connectivity index (χ2n) is 10.4. The molecule has 0 saturated heterocycles. The highest BCUT2D eigenvalue weighted by Crippen LogP contribution is 2.45. The molecule has 6 heteroatoms. The summed E-state index contributed by atoms with van der Waals surface area (Å²) in [5.41, 5.74) is 3.76. The molecule has 1 aromatic heterocycles. The fraction of sp³-hybridized carbons (Fsp3) is 0.379. The Morgan fingerprint density at radius 3 is 2.63 bits per heavy atom. The van der Waals surface area contributed by atoms with Crippen molar-refractivity contribution < 1.29 is 9.53 Å². The lowest BCUT2D eigenvalue weighted by Crippen LogP contribution is -2.27. The van der Waals surface area contributed by atoms with E-state index in [9.17, 15) is 4.79 Å². The average molecular weight is 554 g/mol. The summed E-state index contributed by atoms with van der Waals surface area (Å²) >= 11 is 5.21. The van der Waals surface area contributed by atoms with Crippen LogP contribution in [0.4, 0.5) is 10.7 Å². The number of nitrogens with zero attached hydrogens (tertiary/aromatic N) is 1. The smallest absolute Gasteiger partial charge is 0.259 e. The standard InChI is InChI=1S/C29H33BrN2O2S/c1-18(2)34-24-14-12-21(30)15-19(24)17-31-28-26(27(33)32-22-9-7-6-8-10-22)23-13-11-20(29(3,4)5)16-25(23)35-28/h6-10,12,14-15,17-18,20H,11,13,16H2,1-5H3,(H,32,33)/t20-/m1/s1. The summed E-state index contributed by atoms with van der Waals surface area (Å²) in [6.45, 7) is 10.9. The van der Waals surface area contributed by atoms with Gasteiger partial charge in [0.1, 0.15) is 10.8 Å². The molecule has 1 amide bonds. The Bertz CT molecular complexity index is 1230. The predicted octanol–water partition coefficient (Wildman–Crippen LogP) is 8.45. The third-order valence-corrected chi connectivity index (χ3v) is 8.04. The summed E-state index contributed by atoms with van der Waals surface area (Å²) < 4.78 is 6.94. The lowest BCUT2D eigenvalue weighted by molar-refractivity contribution is 0.102. The first-order chi connectivity index (χ1) is 16.6. The largest absolute Gasteiger partial charge is 0.490 e. The number of para-hydroxylation sites is 1. The maximum atomic E-state index is 13.5. The van der Waals surface area contributed by atoms with Gasteiger partial charge in [0.25, 0.3) is 5.91 Å². The van der Waals surface area contributed by atoms with E-state index in [1.807, 2.05) is 68.6 Å². The van der Waals surface area contributed by atoms with Gasteiger partial charge in [-0.2, -0.15) is 0 Å². The van der Waals surface area contributed by atoms with E-state index in [1.165, 1.54) is 4.88 Å². The SMILES string of the molecule is CC(C)Oc1ccc(Br)cc1C=Nc1sc2c(c1C(=O)Nc1ccccc1)CC[C@@H](C(C)(C)C)C2. The first kappa shape index (κ1) is 25.6. The molecular weight excluding hydrogens is 520 g/mol. The fourth-order valence-electron chi connectivity index (χ4n) is 4.46. The third kappa shape index (κ3) is 6.22. The molecule has 0 aliphatic heterocycles. The number of carbonyl (C=O) groups excluding carboxylic acids is 1. The molecule has 35 heavy (non-hydrogen) atoms. The molecule has 1 N–H and O–H groups in total. The van der Waals surface area contributed by atoms with Crippen LogP contribution in [0.2, 0.25) is 0 Å². The molecule has 0 saturated carbocycles. The lowest BCUT2D eigenvalue weighted by Gasteiger charge is -2.33. The van der Waals surface area contributed by atoms with Crippen molar-refractivity contribution in [2.75, 3.05) is 5.32 Å². The van der Waals surface area contributed by atoms with Crippen molar-refractivity contribution >= 4 is 50.1 Å². The Labute approximate surface area is 221 Å². The summed E-state index contributed by atoms with van der Waals surface area (Å²) in [6.07, 6.45) is 4.85. The molecule has 0 bridgehead atoms. The van der Waals surface area contributed by atoms with Gasteiger partial charge in [-0.25, -0.2) is 4.99 Å². The number of rotatable bonds is 6. The van der Waals surface area contributed by atoms with Gasteiger partial charge in [0, 0.05) is 26.8 Å². The number of hydrogen-bond acceptors (Lipinski definition) is 4. The van der Waals surface area contributed by atoms with E-state index in [4.69, 9.17) is 9.73 Å². The quantitative estimate of drug-likeness (QED) is 0.312. The second kappa shape index (κ2) is 10.7. The minimum atomic E-state index is -0.0945. The van der Waals surface area contributed by atoms with Gasteiger partial charge in [-0.15, -0.1) is 11.3 Å². The van der Waals surface area contributed by atoms with Gasteiger partial charge in [-0.1, -0.05) is 54.9 Å².